The lowest BCUT2D eigenvalue weighted by Crippen LogP contribution is -2.28. The minimum absolute atomic E-state index is 0.109. The molecule has 0 spiro atoms. The number of ether oxygens (including phenoxy) is 1. The van der Waals surface area contributed by atoms with E-state index in [9.17, 15) is 31.1 Å². The average Bonchev–Trinajstić information content (AvgIpc) is 3.20. The average molecular weight is 490 g/mol. The van der Waals surface area contributed by atoms with Gasteiger partial charge in [0.15, 0.2) is 12.3 Å². The van der Waals surface area contributed by atoms with E-state index < -0.39 is 42.6 Å². The van der Waals surface area contributed by atoms with Gasteiger partial charge >= 0.3 is 18.4 Å². The lowest BCUT2D eigenvalue weighted by atomic mass is 10.1. The molecule has 34 heavy (non-hydrogen) atoms. The summed E-state index contributed by atoms with van der Waals surface area (Å²) in [6, 6.07) is 2.87. The number of aromatic nitrogens is 4. The van der Waals surface area contributed by atoms with Gasteiger partial charge in [0.1, 0.15) is 12.0 Å². The predicted octanol–water partition coefficient (Wildman–Crippen LogP) is 4.36. The Hall–Kier alpha value is -3.91. The van der Waals surface area contributed by atoms with Gasteiger partial charge in [-0.1, -0.05) is 6.07 Å². The van der Waals surface area contributed by atoms with Crippen molar-refractivity contribution in [1.29, 1.82) is 0 Å². The number of carbonyl (C=O) groups excluding carboxylic acids is 1. The molecule has 0 saturated heterocycles. The van der Waals surface area contributed by atoms with Crippen molar-refractivity contribution in [2.45, 2.75) is 32.2 Å². The lowest BCUT2D eigenvalue weighted by molar-refractivity contribution is -0.154. The third kappa shape index (κ3) is 6.79. The number of anilines is 2. The normalized spacial score (nSPS) is 12.8. The number of aryl methyl sites for hydroxylation is 1. The van der Waals surface area contributed by atoms with Gasteiger partial charge in [-0.3, -0.25) is 10.1 Å². The molecule has 1 amide bonds. The highest BCUT2D eigenvalue weighted by Gasteiger charge is 2.35. The summed E-state index contributed by atoms with van der Waals surface area (Å²) >= 11 is 0. The third-order valence-electron chi connectivity index (χ3n) is 4.09. The number of pyridine rings is 1. The molecule has 0 radical (unpaired) electrons. The van der Waals surface area contributed by atoms with E-state index in [-0.39, 0.29) is 17.5 Å². The highest BCUT2D eigenvalue weighted by atomic mass is 19.4. The molecule has 1 unspecified atom stereocenters. The molecule has 3 aromatic heterocycles. The Kier molecular flexibility index (Phi) is 6.93. The number of nitrogens with zero attached hydrogens (tertiary/aromatic N) is 4. The number of halogens is 6. The minimum atomic E-state index is -4.70. The Morgan fingerprint density at radius 2 is 1.88 bits per heavy atom. The van der Waals surface area contributed by atoms with Gasteiger partial charge in [0.05, 0.1) is 6.04 Å². The van der Waals surface area contributed by atoms with Crippen LogP contribution in [0.25, 0.3) is 0 Å². The molecular weight excluding hydrogens is 474 g/mol. The molecule has 0 aliphatic rings. The molecule has 1 atom stereocenters. The summed E-state index contributed by atoms with van der Waals surface area (Å²) in [7, 11) is 0. The van der Waals surface area contributed by atoms with Gasteiger partial charge in [-0.2, -0.15) is 31.3 Å². The number of carbonyl (C=O) groups is 1. The fourth-order valence-electron chi connectivity index (χ4n) is 2.54. The minimum Gasteiger partial charge on any atom is -0.468 e. The molecule has 2 N–H and O–H groups in total. The molecule has 0 bridgehead atoms. The van der Waals surface area contributed by atoms with E-state index in [1.165, 1.54) is 31.3 Å². The molecule has 0 aliphatic heterocycles. The fraction of sp³-hybridized carbons (Fsp3) is 0.316. The smallest absolute Gasteiger partial charge is 0.436 e. The Labute approximate surface area is 187 Å². The monoisotopic (exact) mass is 490 g/mol. The number of oxazole rings is 1. The second-order valence-electron chi connectivity index (χ2n) is 6.91. The first-order valence-electron chi connectivity index (χ1n) is 9.42. The van der Waals surface area contributed by atoms with Gasteiger partial charge in [0.2, 0.25) is 11.8 Å². The topological polar surface area (TPSA) is 115 Å². The Morgan fingerprint density at radius 1 is 1.15 bits per heavy atom. The van der Waals surface area contributed by atoms with Crippen molar-refractivity contribution in [3.8, 4) is 5.88 Å². The Morgan fingerprint density at radius 3 is 2.47 bits per heavy atom. The summed E-state index contributed by atoms with van der Waals surface area (Å²) in [5, 5.41) is 4.99. The van der Waals surface area contributed by atoms with Crippen LogP contribution in [0.2, 0.25) is 0 Å². The highest BCUT2D eigenvalue weighted by Crippen LogP contribution is 2.29. The van der Waals surface area contributed by atoms with Crippen LogP contribution in [0.5, 0.6) is 5.88 Å². The van der Waals surface area contributed by atoms with Crippen LogP contribution < -0.4 is 15.4 Å². The molecular formula is C19H16F6N6O3. The fourth-order valence-corrected chi connectivity index (χ4v) is 2.54. The van der Waals surface area contributed by atoms with E-state index in [1.54, 1.807) is 6.92 Å². The lowest BCUT2D eigenvalue weighted by Gasteiger charge is -2.15. The van der Waals surface area contributed by atoms with Crippen LogP contribution >= 0.6 is 0 Å². The molecule has 0 aromatic carbocycles. The van der Waals surface area contributed by atoms with Crippen molar-refractivity contribution in [2.24, 2.45) is 0 Å². The quantitative estimate of drug-likeness (QED) is 0.470. The maximum atomic E-state index is 12.7. The molecule has 182 valence electrons. The van der Waals surface area contributed by atoms with Crippen LogP contribution in [0.15, 0.2) is 35.1 Å². The number of hydrogen-bond acceptors (Lipinski definition) is 8. The first kappa shape index (κ1) is 24.7. The number of rotatable bonds is 7. The first-order valence-corrected chi connectivity index (χ1v) is 9.42. The SMILES string of the molecule is Cc1cc(C(=O)NC(C)c2ccc(OCC(F)(F)F)nc2)nc(Nc2nc(C(F)(F)F)co2)n1. The van der Waals surface area contributed by atoms with Gasteiger partial charge in [-0.15, -0.1) is 0 Å². The van der Waals surface area contributed by atoms with Crippen molar-refractivity contribution < 1.29 is 40.3 Å². The van der Waals surface area contributed by atoms with E-state index in [0.29, 0.717) is 17.5 Å². The van der Waals surface area contributed by atoms with Crippen LogP contribution in [-0.2, 0) is 6.18 Å². The summed E-state index contributed by atoms with van der Waals surface area (Å²) in [5.41, 5.74) is -0.567. The third-order valence-corrected chi connectivity index (χ3v) is 4.09. The van der Waals surface area contributed by atoms with Gasteiger partial charge in [0, 0.05) is 18.0 Å². The van der Waals surface area contributed by atoms with Gasteiger partial charge in [-0.05, 0) is 25.5 Å². The van der Waals surface area contributed by atoms with Crippen LogP contribution in [0.4, 0.5) is 38.3 Å². The number of nitrogens with one attached hydrogen (secondary N) is 2. The first-order chi connectivity index (χ1) is 15.8. The van der Waals surface area contributed by atoms with E-state index >= 15 is 0 Å². The molecule has 0 aliphatic carbocycles. The van der Waals surface area contributed by atoms with Crippen LogP contribution in [0.3, 0.4) is 0 Å². The van der Waals surface area contributed by atoms with Crippen LogP contribution in [0.1, 0.15) is 40.4 Å². The largest absolute Gasteiger partial charge is 0.468 e. The van der Waals surface area contributed by atoms with Crippen LogP contribution in [0, 0.1) is 6.92 Å². The second kappa shape index (κ2) is 9.52. The van der Waals surface area contributed by atoms with Gasteiger partial charge in [-0.25, -0.2) is 15.0 Å². The van der Waals surface area contributed by atoms with Gasteiger partial charge < -0.3 is 14.5 Å². The number of hydrogen-bond donors (Lipinski definition) is 2. The Bertz CT molecular complexity index is 1150. The molecule has 9 nitrogen and oxygen atoms in total. The summed E-state index contributed by atoms with van der Waals surface area (Å²) in [4.78, 5) is 27.6. The molecule has 3 rings (SSSR count). The number of alkyl halides is 6. The van der Waals surface area contributed by atoms with Gasteiger partial charge in [0.25, 0.3) is 5.91 Å². The summed E-state index contributed by atoms with van der Waals surface area (Å²) in [6.07, 6.45) is -7.54. The maximum Gasteiger partial charge on any atom is 0.436 e. The van der Waals surface area contributed by atoms with Crippen molar-refractivity contribution >= 4 is 17.9 Å². The van der Waals surface area contributed by atoms with Crippen molar-refractivity contribution in [2.75, 3.05) is 11.9 Å². The summed E-state index contributed by atoms with van der Waals surface area (Å²) in [5.74, 6) is -1.11. The van der Waals surface area contributed by atoms with E-state index in [2.05, 4.69) is 35.3 Å². The molecule has 3 heterocycles. The second-order valence-corrected chi connectivity index (χ2v) is 6.91. The van der Waals surface area contributed by atoms with Crippen molar-refractivity contribution in [3.05, 3.63) is 53.3 Å². The zero-order valence-corrected chi connectivity index (χ0v) is 17.5. The zero-order valence-electron chi connectivity index (χ0n) is 17.5. The molecule has 0 fully saturated rings. The van der Waals surface area contributed by atoms with Crippen molar-refractivity contribution in [1.82, 2.24) is 25.3 Å². The summed E-state index contributed by atoms with van der Waals surface area (Å²) in [6.45, 7) is 1.65. The Balaban J connectivity index is 1.66. The maximum absolute atomic E-state index is 12.7. The standard InChI is InChI=1S/C19H16F6N6O3/c1-9-5-12(29-16(27-9)31-17-30-13(7-33-17)19(23,24)25)15(32)28-10(2)11-3-4-14(26-6-11)34-8-18(20,21)22/h3-7,10H,8H2,1-2H3,(H,28,32)(H,27,29,30,31). The summed E-state index contributed by atoms with van der Waals surface area (Å²) < 4.78 is 83.8. The van der Waals surface area contributed by atoms with E-state index in [4.69, 9.17) is 4.42 Å². The zero-order chi connectivity index (χ0) is 25.1. The van der Waals surface area contributed by atoms with E-state index in [0.717, 1.165) is 0 Å². The van der Waals surface area contributed by atoms with Crippen molar-refractivity contribution in [3.63, 3.8) is 0 Å². The van der Waals surface area contributed by atoms with E-state index in [1.807, 2.05) is 0 Å². The highest BCUT2D eigenvalue weighted by molar-refractivity contribution is 5.92. The molecule has 15 heteroatoms. The predicted molar refractivity (Wildman–Crippen MR) is 103 cm³/mol. The number of amides is 1. The molecule has 0 saturated carbocycles. The molecule has 3 aromatic rings. The van der Waals surface area contributed by atoms with Crippen LogP contribution in [-0.4, -0.2) is 38.6 Å².